The first-order chi connectivity index (χ1) is 6.41. The van der Waals surface area contributed by atoms with Crippen molar-refractivity contribution >= 4 is 11.6 Å². The summed E-state index contributed by atoms with van der Waals surface area (Å²) in [6, 6.07) is 0. The number of halogens is 1. The number of unbranched alkanes of at least 4 members (excludes halogenated alkanes) is 1. The Labute approximate surface area is 87.0 Å². The minimum atomic E-state index is 0.728. The molecule has 0 heterocycles. The third kappa shape index (κ3) is 11.5. The molecule has 1 heteroatoms. The van der Waals surface area contributed by atoms with Crippen LogP contribution in [0.5, 0.6) is 0 Å². The summed E-state index contributed by atoms with van der Waals surface area (Å²) in [4.78, 5) is 0. The van der Waals surface area contributed by atoms with Crippen LogP contribution in [-0.2, 0) is 0 Å². The number of rotatable bonds is 7. The van der Waals surface area contributed by atoms with E-state index in [2.05, 4.69) is 43.4 Å². The number of allylic oxidation sites excluding steroid dienone is 6. The first-order valence-electron chi connectivity index (χ1n) is 4.94. The van der Waals surface area contributed by atoms with Crippen LogP contribution in [0.2, 0.25) is 0 Å². The number of hydrogen-bond donors (Lipinski definition) is 0. The van der Waals surface area contributed by atoms with Gasteiger partial charge < -0.3 is 0 Å². The summed E-state index contributed by atoms with van der Waals surface area (Å²) < 4.78 is 0. The van der Waals surface area contributed by atoms with Gasteiger partial charge in [-0.15, -0.1) is 11.6 Å². The fourth-order valence-electron chi connectivity index (χ4n) is 0.881. The molecule has 0 N–H and O–H groups in total. The third-order valence-electron chi connectivity index (χ3n) is 1.56. The van der Waals surface area contributed by atoms with Gasteiger partial charge in [0.15, 0.2) is 0 Å². The van der Waals surface area contributed by atoms with Crippen LogP contribution in [-0.4, -0.2) is 5.88 Å². The Morgan fingerprint density at radius 3 is 2.15 bits per heavy atom. The van der Waals surface area contributed by atoms with Crippen molar-refractivity contribution < 1.29 is 0 Å². The average molecular weight is 199 g/mol. The molecule has 13 heavy (non-hydrogen) atoms. The Morgan fingerprint density at radius 2 is 1.46 bits per heavy atom. The van der Waals surface area contributed by atoms with Gasteiger partial charge in [0.25, 0.3) is 0 Å². The van der Waals surface area contributed by atoms with Crippen molar-refractivity contribution in [2.24, 2.45) is 0 Å². The molecule has 0 atom stereocenters. The van der Waals surface area contributed by atoms with Crippen LogP contribution >= 0.6 is 11.6 Å². The Morgan fingerprint density at radius 1 is 0.846 bits per heavy atom. The maximum Gasteiger partial charge on any atom is 0.0257 e. The molecule has 0 saturated heterocycles. The normalized spacial score (nSPS) is 12.5. The fourth-order valence-corrected chi connectivity index (χ4v) is 1.01. The zero-order chi connectivity index (χ0) is 9.78. The summed E-state index contributed by atoms with van der Waals surface area (Å²) in [5.41, 5.74) is 0. The summed E-state index contributed by atoms with van der Waals surface area (Å²) >= 11 is 5.52. The van der Waals surface area contributed by atoms with E-state index in [4.69, 9.17) is 11.6 Å². The van der Waals surface area contributed by atoms with Gasteiger partial charge in [-0.2, -0.15) is 0 Å². The molecule has 0 amide bonds. The van der Waals surface area contributed by atoms with E-state index >= 15 is 0 Å². The van der Waals surface area contributed by atoms with Crippen molar-refractivity contribution in [3.63, 3.8) is 0 Å². The molecule has 0 fully saturated rings. The van der Waals surface area contributed by atoms with Gasteiger partial charge in [-0.1, -0.05) is 43.4 Å². The molecule has 0 aliphatic rings. The van der Waals surface area contributed by atoms with Crippen molar-refractivity contribution in [2.75, 3.05) is 5.88 Å². The van der Waals surface area contributed by atoms with E-state index in [0.29, 0.717) is 0 Å². The van der Waals surface area contributed by atoms with Crippen molar-refractivity contribution in [1.29, 1.82) is 0 Å². The Balaban J connectivity index is 3.24. The second-order valence-electron chi connectivity index (χ2n) is 2.79. The van der Waals surface area contributed by atoms with Crippen LogP contribution in [0, 0.1) is 0 Å². The Hall–Kier alpha value is -0.490. The molecular weight excluding hydrogens is 180 g/mol. The van der Waals surface area contributed by atoms with Gasteiger partial charge >= 0.3 is 0 Å². The molecule has 0 nitrogen and oxygen atoms in total. The molecule has 0 saturated carbocycles. The van der Waals surface area contributed by atoms with E-state index in [0.717, 1.165) is 31.6 Å². The van der Waals surface area contributed by atoms with E-state index in [-0.39, 0.29) is 0 Å². The molecule has 0 aromatic carbocycles. The lowest BCUT2D eigenvalue weighted by Gasteiger charge is -1.85. The second-order valence-corrected chi connectivity index (χ2v) is 3.17. The summed E-state index contributed by atoms with van der Waals surface area (Å²) in [7, 11) is 0. The highest BCUT2D eigenvalue weighted by Gasteiger charge is 1.76. The zero-order valence-electron chi connectivity index (χ0n) is 8.38. The summed E-state index contributed by atoms with van der Waals surface area (Å²) in [6.45, 7) is 2.14. The minimum Gasteiger partial charge on any atom is -0.126 e. The Kier molecular flexibility index (Phi) is 11.1. The van der Waals surface area contributed by atoms with E-state index < -0.39 is 0 Å². The van der Waals surface area contributed by atoms with E-state index in [9.17, 15) is 0 Å². The van der Waals surface area contributed by atoms with E-state index in [1.807, 2.05) is 0 Å². The fraction of sp³-hybridized carbons (Fsp3) is 0.500. The Bertz CT molecular complexity index is 166. The number of hydrogen-bond acceptors (Lipinski definition) is 0. The van der Waals surface area contributed by atoms with Gasteiger partial charge in [0.1, 0.15) is 0 Å². The summed E-state index contributed by atoms with van der Waals surface area (Å²) in [6.07, 6.45) is 17.2. The van der Waals surface area contributed by atoms with Crippen molar-refractivity contribution in [2.45, 2.75) is 32.6 Å². The first kappa shape index (κ1) is 12.5. The van der Waals surface area contributed by atoms with Gasteiger partial charge in [-0.25, -0.2) is 0 Å². The van der Waals surface area contributed by atoms with Gasteiger partial charge in [0.05, 0.1) is 0 Å². The largest absolute Gasteiger partial charge is 0.126 e. The van der Waals surface area contributed by atoms with Gasteiger partial charge in [0.2, 0.25) is 0 Å². The first-order valence-corrected chi connectivity index (χ1v) is 5.48. The highest BCUT2D eigenvalue weighted by molar-refractivity contribution is 6.17. The topological polar surface area (TPSA) is 0 Å². The lowest BCUT2D eigenvalue weighted by molar-refractivity contribution is 1.04. The minimum absolute atomic E-state index is 0.728. The van der Waals surface area contributed by atoms with Crippen LogP contribution in [0.25, 0.3) is 0 Å². The van der Waals surface area contributed by atoms with Crippen LogP contribution in [0.15, 0.2) is 36.5 Å². The predicted octanol–water partition coefficient (Wildman–Crippen LogP) is 4.47. The predicted molar refractivity (Wildman–Crippen MR) is 62.3 cm³/mol. The highest BCUT2D eigenvalue weighted by atomic mass is 35.5. The molecule has 0 rings (SSSR count). The van der Waals surface area contributed by atoms with Crippen molar-refractivity contribution in [3.8, 4) is 0 Å². The van der Waals surface area contributed by atoms with Gasteiger partial charge in [0, 0.05) is 5.88 Å². The standard InChI is InChI=1S/C12H19Cl/c1-2-3-4-5-6-7-8-9-10-11-12-13/h3-6,9-10H,2,7-8,11-12H2,1H3. The van der Waals surface area contributed by atoms with Crippen LogP contribution in [0.1, 0.15) is 32.6 Å². The molecule has 0 spiro atoms. The van der Waals surface area contributed by atoms with Crippen LogP contribution < -0.4 is 0 Å². The van der Waals surface area contributed by atoms with Gasteiger partial charge in [-0.05, 0) is 25.7 Å². The molecule has 0 aliphatic heterocycles. The smallest absolute Gasteiger partial charge is 0.0257 e. The molecule has 0 bridgehead atoms. The lowest BCUT2D eigenvalue weighted by Crippen LogP contribution is -1.68. The zero-order valence-corrected chi connectivity index (χ0v) is 9.13. The maximum atomic E-state index is 5.52. The molecular formula is C12H19Cl. The average Bonchev–Trinajstić information content (AvgIpc) is 2.16. The monoisotopic (exact) mass is 198 g/mol. The molecule has 0 aliphatic carbocycles. The maximum absolute atomic E-state index is 5.52. The van der Waals surface area contributed by atoms with Crippen LogP contribution in [0.3, 0.4) is 0 Å². The second kappa shape index (κ2) is 11.5. The SMILES string of the molecule is CCC=CC=CCCC=CCCCl. The highest BCUT2D eigenvalue weighted by Crippen LogP contribution is 1.95. The van der Waals surface area contributed by atoms with E-state index in [1.165, 1.54) is 0 Å². The van der Waals surface area contributed by atoms with Crippen molar-refractivity contribution in [1.82, 2.24) is 0 Å². The van der Waals surface area contributed by atoms with Crippen molar-refractivity contribution in [3.05, 3.63) is 36.5 Å². The quantitative estimate of drug-likeness (QED) is 0.245. The molecule has 0 radical (unpaired) electrons. The molecule has 0 unspecified atom stereocenters. The number of alkyl halides is 1. The molecule has 0 aromatic heterocycles. The van der Waals surface area contributed by atoms with Crippen LogP contribution in [0.4, 0.5) is 0 Å². The van der Waals surface area contributed by atoms with E-state index in [1.54, 1.807) is 0 Å². The summed E-state index contributed by atoms with van der Waals surface area (Å²) in [5, 5.41) is 0. The third-order valence-corrected chi connectivity index (χ3v) is 1.78. The molecule has 0 aromatic rings. The lowest BCUT2D eigenvalue weighted by atomic mass is 10.2. The summed E-state index contributed by atoms with van der Waals surface area (Å²) in [5.74, 6) is 0.728. The van der Waals surface area contributed by atoms with Gasteiger partial charge in [-0.3, -0.25) is 0 Å². The molecule has 74 valence electrons.